The van der Waals surface area contributed by atoms with Gasteiger partial charge in [0, 0.05) is 49.8 Å². The van der Waals surface area contributed by atoms with Gasteiger partial charge in [-0.2, -0.15) is 0 Å². The first-order valence-corrected chi connectivity index (χ1v) is 19.5. The lowest BCUT2D eigenvalue weighted by molar-refractivity contribution is -0.130. The standard InChI is InChI=1S/C32H44N5O13PS/c1-6-11-44-32(43)49-23-12-26(36-14-18(3)28(39)33-30(36)41)48-25(23)17-46-51(52,45-16-21-9-8-10-35(21)20(5)38)50-24-13-27(47-22(24)7-2)37-15-19(4)29(40)34-31(37)42/h6,14-15,21-27H,1,7-13,16-17H2,2-5H3,(H,33,39,41)(H,34,40,42). The number of hydrogen-bond acceptors (Lipinski definition) is 14. The van der Waals surface area contributed by atoms with E-state index in [0.29, 0.717) is 24.9 Å². The maximum absolute atomic E-state index is 12.7. The number of rotatable bonds is 14. The molecule has 0 bridgehead atoms. The van der Waals surface area contributed by atoms with Crippen LogP contribution in [0, 0.1) is 13.8 Å². The van der Waals surface area contributed by atoms with Crippen LogP contribution in [0.15, 0.2) is 44.2 Å². The summed E-state index contributed by atoms with van der Waals surface area (Å²) in [6.07, 6.45) is 0.197. The summed E-state index contributed by atoms with van der Waals surface area (Å²) in [5, 5.41) is 0. The summed E-state index contributed by atoms with van der Waals surface area (Å²) < 4.78 is 44.4. The van der Waals surface area contributed by atoms with Crippen molar-refractivity contribution in [1.29, 1.82) is 0 Å². The van der Waals surface area contributed by atoms with Crippen molar-refractivity contribution in [3.63, 3.8) is 0 Å². The van der Waals surface area contributed by atoms with Crippen LogP contribution in [-0.4, -0.2) is 92.9 Å². The van der Waals surface area contributed by atoms with Crippen LogP contribution in [0.2, 0.25) is 0 Å². The molecule has 286 valence electrons. The lowest BCUT2D eigenvalue weighted by atomic mass is 10.1. The molecule has 52 heavy (non-hydrogen) atoms. The lowest BCUT2D eigenvalue weighted by Crippen LogP contribution is -2.37. The Morgan fingerprint density at radius 3 is 2.12 bits per heavy atom. The van der Waals surface area contributed by atoms with E-state index in [9.17, 15) is 28.8 Å². The molecule has 20 heteroatoms. The van der Waals surface area contributed by atoms with Crippen molar-refractivity contribution in [1.82, 2.24) is 24.0 Å². The number of aryl methyl sites for hydroxylation is 2. The van der Waals surface area contributed by atoms with Crippen molar-refractivity contribution < 1.29 is 42.1 Å². The first-order valence-electron chi connectivity index (χ1n) is 17.0. The molecule has 0 spiro atoms. The number of aromatic nitrogens is 4. The smallest absolute Gasteiger partial charge is 0.430 e. The maximum atomic E-state index is 12.7. The second-order valence-corrected chi connectivity index (χ2v) is 15.8. The molecule has 0 aromatic carbocycles. The topological polar surface area (TPSA) is 212 Å². The van der Waals surface area contributed by atoms with Crippen molar-refractivity contribution >= 4 is 30.6 Å². The second kappa shape index (κ2) is 17.0. The van der Waals surface area contributed by atoms with Crippen LogP contribution in [0.5, 0.6) is 0 Å². The summed E-state index contributed by atoms with van der Waals surface area (Å²) in [5.41, 5.74) is -1.84. The number of nitrogens with one attached hydrogen (secondary N) is 2. The minimum atomic E-state index is -3.73. The molecular weight excluding hydrogens is 725 g/mol. The van der Waals surface area contributed by atoms with E-state index < -0.39 is 72.2 Å². The first kappa shape index (κ1) is 39.5. The molecule has 0 saturated carbocycles. The monoisotopic (exact) mass is 769 g/mol. The zero-order chi connectivity index (χ0) is 37.7. The third-order valence-electron chi connectivity index (χ3n) is 9.11. The van der Waals surface area contributed by atoms with Crippen LogP contribution in [-0.2, 0) is 49.1 Å². The summed E-state index contributed by atoms with van der Waals surface area (Å²) in [6, 6.07) is -0.276. The van der Waals surface area contributed by atoms with Crippen molar-refractivity contribution in [3.05, 3.63) is 77.9 Å². The van der Waals surface area contributed by atoms with Crippen molar-refractivity contribution in [2.24, 2.45) is 0 Å². The minimum Gasteiger partial charge on any atom is -0.430 e. The van der Waals surface area contributed by atoms with Gasteiger partial charge in [-0.3, -0.25) is 33.5 Å². The molecule has 3 fully saturated rings. The predicted octanol–water partition coefficient (Wildman–Crippen LogP) is 2.05. The molecule has 3 aliphatic rings. The molecule has 1 amide bonds. The Labute approximate surface area is 303 Å². The minimum absolute atomic E-state index is 0.00771. The average molecular weight is 770 g/mol. The SMILES string of the molecule is C=CCOC(=O)OC1CC(n2cc(C)c(=O)[nH]c2=O)OC1COP(=S)(OCC1CCCN1C(C)=O)OC1CC(n2cc(C)c(=O)[nH]c2=O)OC1CC. The quantitative estimate of drug-likeness (QED) is 0.160. The Kier molecular flexibility index (Phi) is 12.9. The lowest BCUT2D eigenvalue weighted by Gasteiger charge is -2.30. The number of likely N-dealkylation sites (tertiary alicyclic amines) is 1. The predicted molar refractivity (Wildman–Crippen MR) is 187 cm³/mol. The number of hydrogen-bond donors (Lipinski definition) is 2. The Balaban J connectivity index is 1.39. The number of H-pyrrole nitrogens is 2. The average Bonchev–Trinajstić information content (AvgIpc) is 3.84. The summed E-state index contributed by atoms with van der Waals surface area (Å²) in [5.74, 6) is -0.109. The van der Waals surface area contributed by atoms with Gasteiger partial charge in [-0.25, -0.2) is 14.4 Å². The van der Waals surface area contributed by atoms with Gasteiger partial charge >= 0.3 is 24.3 Å². The van der Waals surface area contributed by atoms with Crippen LogP contribution in [0.1, 0.15) is 69.5 Å². The molecule has 2 N–H and O–H groups in total. The molecule has 2 aromatic heterocycles. The molecule has 0 aliphatic carbocycles. The molecule has 2 aromatic rings. The van der Waals surface area contributed by atoms with Gasteiger partial charge in [0.15, 0.2) is 0 Å². The van der Waals surface area contributed by atoms with Gasteiger partial charge in [0.2, 0.25) is 5.91 Å². The van der Waals surface area contributed by atoms with E-state index in [0.717, 1.165) is 6.42 Å². The number of aromatic amines is 2. The summed E-state index contributed by atoms with van der Waals surface area (Å²) in [7, 11) is 0. The third-order valence-corrected chi connectivity index (χ3v) is 11.5. The normalized spacial score (nSPS) is 27.0. The summed E-state index contributed by atoms with van der Waals surface area (Å²) in [6.45, 7) is 6.39. The van der Waals surface area contributed by atoms with Crippen LogP contribution in [0.4, 0.5) is 4.79 Å². The van der Waals surface area contributed by atoms with Crippen LogP contribution >= 0.6 is 6.72 Å². The van der Waals surface area contributed by atoms with E-state index in [1.807, 2.05) is 6.92 Å². The van der Waals surface area contributed by atoms with Gasteiger partial charge in [-0.05, 0) is 44.9 Å². The van der Waals surface area contributed by atoms with Crippen molar-refractivity contribution in [3.8, 4) is 0 Å². The van der Waals surface area contributed by atoms with Gasteiger partial charge in [0.05, 0.1) is 31.5 Å². The van der Waals surface area contributed by atoms with Gasteiger partial charge < -0.3 is 37.4 Å². The van der Waals surface area contributed by atoms with E-state index in [1.54, 1.807) is 11.8 Å². The van der Waals surface area contributed by atoms with Crippen molar-refractivity contribution in [2.45, 2.75) is 103 Å². The molecular formula is C32H44N5O13PS. The fourth-order valence-electron chi connectivity index (χ4n) is 6.40. The number of amides is 1. The van der Waals surface area contributed by atoms with Crippen LogP contribution in [0.25, 0.3) is 0 Å². The van der Waals surface area contributed by atoms with Crippen molar-refractivity contribution in [2.75, 3.05) is 26.4 Å². The Morgan fingerprint density at radius 2 is 1.54 bits per heavy atom. The van der Waals surface area contributed by atoms with Gasteiger partial charge in [-0.15, -0.1) is 0 Å². The maximum Gasteiger partial charge on any atom is 0.508 e. The number of carbonyl (C=O) groups is 2. The molecule has 5 rings (SSSR count). The Morgan fingerprint density at radius 1 is 0.962 bits per heavy atom. The third kappa shape index (κ3) is 9.25. The fourth-order valence-corrected chi connectivity index (χ4v) is 8.53. The number of carbonyl (C=O) groups excluding carboxylic acids is 2. The van der Waals surface area contributed by atoms with E-state index >= 15 is 0 Å². The van der Waals surface area contributed by atoms with Gasteiger partial charge in [0.1, 0.15) is 31.3 Å². The second-order valence-electron chi connectivity index (χ2n) is 12.8. The summed E-state index contributed by atoms with van der Waals surface area (Å²) >= 11 is 5.97. The molecule has 8 unspecified atom stereocenters. The Bertz CT molecular complexity index is 1930. The fraction of sp³-hybridized carbons (Fsp3) is 0.625. The largest absolute Gasteiger partial charge is 0.508 e. The zero-order valence-corrected chi connectivity index (χ0v) is 31.1. The van der Waals surface area contributed by atoms with Crippen LogP contribution in [0.3, 0.4) is 0 Å². The van der Waals surface area contributed by atoms with E-state index in [-0.39, 0.29) is 50.2 Å². The number of nitrogens with zero attached hydrogens (tertiary/aromatic N) is 3. The summed E-state index contributed by atoms with van der Waals surface area (Å²) in [4.78, 5) is 80.4. The highest BCUT2D eigenvalue weighted by Gasteiger charge is 2.44. The molecule has 0 radical (unpaired) electrons. The molecule has 18 nitrogen and oxygen atoms in total. The van der Waals surface area contributed by atoms with Gasteiger partial charge in [-0.1, -0.05) is 19.6 Å². The van der Waals surface area contributed by atoms with E-state index in [2.05, 4.69) is 16.5 Å². The highest BCUT2D eigenvalue weighted by molar-refractivity contribution is 8.07. The van der Waals surface area contributed by atoms with Crippen LogP contribution < -0.4 is 22.5 Å². The molecule has 5 heterocycles. The van der Waals surface area contributed by atoms with Gasteiger partial charge in [0.25, 0.3) is 11.1 Å². The molecule has 3 saturated heterocycles. The highest BCUT2D eigenvalue weighted by Crippen LogP contribution is 2.54. The Hall–Kier alpha value is -3.71. The number of ether oxygens (including phenoxy) is 4. The highest BCUT2D eigenvalue weighted by atomic mass is 32.5. The zero-order valence-electron chi connectivity index (χ0n) is 29.3. The van der Waals surface area contributed by atoms with E-state index in [1.165, 1.54) is 41.5 Å². The van der Waals surface area contributed by atoms with E-state index in [4.69, 9.17) is 44.3 Å². The first-order chi connectivity index (χ1) is 24.7. The molecule has 8 atom stereocenters. The molecule has 3 aliphatic heterocycles.